The monoisotopic (exact) mass is 465 g/mol. The van der Waals surface area contributed by atoms with Crippen LogP contribution in [0, 0.1) is 12.3 Å². The normalized spacial score (nSPS) is 10.4. The van der Waals surface area contributed by atoms with Gasteiger partial charge in [0.2, 0.25) is 0 Å². The van der Waals surface area contributed by atoms with Gasteiger partial charge in [0.05, 0.1) is 13.7 Å². The van der Waals surface area contributed by atoms with E-state index >= 15 is 0 Å². The first-order valence-electron chi connectivity index (χ1n) is 8.04. The summed E-state index contributed by atoms with van der Waals surface area (Å²) in [6.07, 6.45) is 6.12. The third-order valence-electron chi connectivity index (χ3n) is 3.53. The minimum absolute atomic E-state index is 0. The highest BCUT2D eigenvalue weighted by atomic mass is 127. The molecule has 5 nitrogen and oxygen atoms in total. The number of ether oxygens (including phenoxy) is 2. The Kier molecular flexibility index (Phi) is 10.0. The summed E-state index contributed by atoms with van der Waals surface area (Å²) >= 11 is 0. The summed E-state index contributed by atoms with van der Waals surface area (Å²) in [6.45, 7) is 1.37. The van der Waals surface area contributed by atoms with Gasteiger partial charge in [0.25, 0.3) is 0 Å². The highest BCUT2D eigenvalue weighted by Gasteiger charge is 2.05. The van der Waals surface area contributed by atoms with Crippen molar-refractivity contribution in [2.75, 3.05) is 20.3 Å². The zero-order valence-electron chi connectivity index (χ0n) is 14.8. The second-order valence-corrected chi connectivity index (χ2v) is 5.34. The lowest BCUT2D eigenvalue weighted by atomic mass is 10.1. The van der Waals surface area contributed by atoms with Gasteiger partial charge < -0.3 is 20.5 Å². The fraction of sp³-hybridized carbons (Fsp3) is 0.250. The predicted octanol–water partition coefficient (Wildman–Crippen LogP) is 2.97. The molecule has 138 valence electrons. The molecule has 3 N–H and O–H groups in total. The molecule has 0 heterocycles. The van der Waals surface area contributed by atoms with Gasteiger partial charge in [0.15, 0.2) is 17.5 Å². The first-order chi connectivity index (χ1) is 12.2. The summed E-state index contributed by atoms with van der Waals surface area (Å²) in [7, 11) is 1.59. The Labute approximate surface area is 172 Å². The van der Waals surface area contributed by atoms with Gasteiger partial charge in [-0.3, -0.25) is 0 Å². The third kappa shape index (κ3) is 7.23. The molecule has 0 aromatic heterocycles. The number of hydrogen-bond donors (Lipinski definition) is 2. The summed E-state index contributed by atoms with van der Waals surface area (Å²) in [5.74, 6) is 4.09. The van der Waals surface area contributed by atoms with E-state index in [1.807, 2.05) is 36.4 Å². The lowest BCUT2D eigenvalue weighted by molar-refractivity contribution is 0.330. The van der Waals surface area contributed by atoms with Gasteiger partial charge in [-0.2, -0.15) is 0 Å². The van der Waals surface area contributed by atoms with Crippen LogP contribution in [0.4, 0.5) is 0 Å². The van der Waals surface area contributed by atoms with Crippen LogP contribution in [-0.4, -0.2) is 26.2 Å². The van der Waals surface area contributed by atoms with Gasteiger partial charge in [-0.1, -0.05) is 42.3 Å². The molecule has 0 spiro atoms. The summed E-state index contributed by atoms with van der Waals surface area (Å²) < 4.78 is 10.7. The van der Waals surface area contributed by atoms with Crippen molar-refractivity contribution < 1.29 is 9.47 Å². The van der Waals surface area contributed by atoms with Crippen molar-refractivity contribution in [1.29, 1.82) is 0 Å². The smallest absolute Gasteiger partial charge is 0.188 e. The fourth-order valence-corrected chi connectivity index (χ4v) is 2.26. The largest absolute Gasteiger partial charge is 0.493 e. The Morgan fingerprint density at radius 2 is 1.92 bits per heavy atom. The average molecular weight is 465 g/mol. The average Bonchev–Trinajstić information content (AvgIpc) is 2.65. The van der Waals surface area contributed by atoms with Crippen LogP contribution in [0.5, 0.6) is 11.5 Å². The van der Waals surface area contributed by atoms with Crippen LogP contribution < -0.4 is 20.5 Å². The molecule has 0 fully saturated rings. The number of rotatable bonds is 8. The standard InChI is InChI=1S/C20H23N3O2.HI/c1-3-13-25-19-14-17(9-10-18(19)24-2)15-23-20(21)22-12-11-16-7-5-4-6-8-16;/h1,4-10,14H,11-13,15H2,2H3,(H3,21,22,23);1H. The first-order valence-corrected chi connectivity index (χ1v) is 8.04. The molecule has 0 aliphatic rings. The molecule has 0 saturated heterocycles. The van der Waals surface area contributed by atoms with E-state index in [0.717, 1.165) is 18.5 Å². The van der Waals surface area contributed by atoms with Crippen molar-refractivity contribution in [2.45, 2.75) is 13.0 Å². The molecule has 0 amide bonds. The van der Waals surface area contributed by atoms with Crippen molar-refractivity contribution in [2.24, 2.45) is 10.7 Å². The highest BCUT2D eigenvalue weighted by Crippen LogP contribution is 2.28. The summed E-state index contributed by atoms with van der Waals surface area (Å²) in [5, 5.41) is 3.12. The van der Waals surface area contributed by atoms with E-state index in [-0.39, 0.29) is 30.6 Å². The molecule has 26 heavy (non-hydrogen) atoms. The van der Waals surface area contributed by atoms with E-state index in [4.69, 9.17) is 21.6 Å². The molecule has 0 radical (unpaired) electrons. The SMILES string of the molecule is C#CCOc1cc(CN=C(N)NCCc2ccccc2)ccc1OC.I. The zero-order valence-corrected chi connectivity index (χ0v) is 17.1. The first kappa shape index (κ1) is 21.6. The molecule has 2 aromatic rings. The number of nitrogens with zero attached hydrogens (tertiary/aromatic N) is 1. The van der Waals surface area contributed by atoms with Gasteiger partial charge >= 0.3 is 0 Å². The van der Waals surface area contributed by atoms with E-state index in [1.54, 1.807) is 7.11 Å². The van der Waals surface area contributed by atoms with Crippen LogP contribution in [0.15, 0.2) is 53.5 Å². The number of guanidine groups is 1. The minimum Gasteiger partial charge on any atom is -0.493 e. The second kappa shape index (κ2) is 12.0. The molecular weight excluding hydrogens is 441 g/mol. The molecule has 0 aliphatic heterocycles. The van der Waals surface area contributed by atoms with E-state index in [0.29, 0.717) is 24.0 Å². The quantitative estimate of drug-likeness (QED) is 0.272. The Bertz CT molecular complexity index is 742. The lowest BCUT2D eigenvalue weighted by Crippen LogP contribution is -2.33. The Balaban J connectivity index is 0.00000338. The van der Waals surface area contributed by atoms with Crippen molar-refractivity contribution in [3.63, 3.8) is 0 Å². The summed E-state index contributed by atoms with van der Waals surface area (Å²) in [4.78, 5) is 4.35. The molecule has 2 rings (SSSR count). The summed E-state index contributed by atoms with van der Waals surface area (Å²) in [5.41, 5.74) is 8.13. The molecule has 0 unspecified atom stereocenters. The highest BCUT2D eigenvalue weighted by molar-refractivity contribution is 14.0. The molecule has 0 saturated carbocycles. The van der Waals surface area contributed by atoms with Crippen molar-refractivity contribution in [3.05, 3.63) is 59.7 Å². The third-order valence-corrected chi connectivity index (χ3v) is 3.53. The Morgan fingerprint density at radius 3 is 2.62 bits per heavy atom. The zero-order chi connectivity index (χ0) is 17.9. The van der Waals surface area contributed by atoms with Crippen LogP contribution in [0.25, 0.3) is 0 Å². The second-order valence-electron chi connectivity index (χ2n) is 5.34. The minimum atomic E-state index is 0. The molecule has 0 atom stereocenters. The maximum atomic E-state index is 5.92. The number of terminal acetylenes is 1. The molecule has 0 bridgehead atoms. The number of halogens is 1. The van der Waals surface area contributed by atoms with Gasteiger partial charge in [-0.05, 0) is 29.7 Å². The number of hydrogen-bond acceptors (Lipinski definition) is 3. The summed E-state index contributed by atoms with van der Waals surface area (Å²) in [6, 6.07) is 15.8. The van der Waals surface area contributed by atoms with Crippen molar-refractivity contribution in [1.82, 2.24) is 5.32 Å². The van der Waals surface area contributed by atoms with E-state index in [1.165, 1.54) is 5.56 Å². The van der Waals surface area contributed by atoms with Gasteiger partial charge in [0, 0.05) is 6.54 Å². The maximum absolute atomic E-state index is 5.92. The number of nitrogens with one attached hydrogen (secondary N) is 1. The number of benzene rings is 2. The maximum Gasteiger partial charge on any atom is 0.188 e. The number of nitrogens with two attached hydrogens (primary N) is 1. The van der Waals surface area contributed by atoms with Crippen molar-refractivity contribution >= 4 is 29.9 Å². The Morgan fingerprint density at radius 1 is 1.15 bits per heavy atom. The lowest BCUT2D eigenvalue weighted by Gasteiger charge is -2.10. The molecular formula is C20H24IN3O2. The molecule has 6 heteroatoms. The van der Waals surface area contributed by atoms with Crippen LogP contribution >= 0.6 is 24.0 Å². The van der Waals surface area contributed by atoms with Crippen molar-refractivity contribution in [3.8, 4) is 23.8 Å². The molecule has 0 aliphatic carbocycles. The fourth-order valence-electron chi connectivity index (χ4n) is 2.26. The predicted molar refractivity (Wildman–Crippen MR) is 116 cm³/mol. The van der Waals surface area contributed by atoms with Gasteiger partial charge in [0.1, 0.15) is 6.61 Å². The van der Waals surface area contributed by atoms with Gasteiger partial charge in [-0.15, -0.1) is 30.4 Å². The van der Waals surface area contributed by atoms with Crippen LogP contribution in [0.3, 0.4) is 0 Å². The van der Waals surface area contributed by atoms with Gasteiger partial charge in [-0.25, -0.2) is 4.99 Å². The van der Waals surface area contributed by atoms with E-state index in [2.05, 4.69) is 28.4 Å². The molecule has 2 aromatic carbocycles. The number of methoxy groups -OCH3 is 1. The van der Waals surface area contributed by atoms with Crippen LogP contribution in [-0.2, 0) is 13.0 Å². The number of aliphatic imine (C=N–C) groups is 1. The van der Waals surface area contributed by atoms with Crippen LogP contribution in [0.1, 0.15) is 11.1 Å². The van der Waals surface area contributed by atoms with E-state index < -0.39 is 0 Å². The van der Waals surface area contributed by atoms with E-state index in [9.17, 15) is 0 Å². The Hall–Kier alpha value is -2.40. The van der Waals surface area contributed by atoms with Crippen LogP contribution in [0.2, 0.25) is 0 Å². The topological polar surface area (TPSA) is 68.9 Å².